The zero-order valence-electron chi connectivity index (χ0n) is 18.9. The van der Waals surface area contributed by atoms with Gasteiger partial charge < -0.3 is 20.3 Å². The van der Waals surface area contributed by atoms with Gasteiger partial charge in [0.2, 0.25) is 15.9 Å². The second kappa shape index (κ2) is 10.4. The van der Waals surface area contributed by atoms with E-state index in [1.165, 1.54) is 0 Å². The zero-order chi connectivity index (χ0) is 24.1. The summed E-state index contributed by atoms with van der Waals surface area (Å²) >= 11 is 0.951. The molecule has 2 heterocycles. The lowest BCUT2D eigenvalue weighted by molar-refractivity contribution is -0.121. The molecule has 0 spiro atoms. The van der Waals surface area contributed by atoms with E-state index >= 15 is 0 Å². The number of carbonyl (C=O) groups excluding carboxylic acids is 3. The minimum absolute atomic E-state index is 0.0326. The standard InChI is InChI=1S/C24H25N5O4S/c1-15-5-3-4-6-19(15)26-20(30)16-11-13-29(14-12-16)24(32)23-28-27-22(34-23)21(31)25-17-7-9-18(33-2)10-8-17/h3-10,16H,11-14H2,1-2H3,(H,25,31)(H,26,30). The van der Waals surface area contributed by atoms with Crippen LogP contribution >= 0.6 is 11.3 Å². The Hall–Kier alpha value is -3.79. The number of likely N-dealkylation sites (tertiary alicyclic amines) is 1. The van der Waals surface area contributed by atoms with E-state index in [0.29, 0.717) is 37.4 Å². The van der Waals surface area contributed by atoms with Crippen molar-refractivity contribution in [2.24, 2.45) is 5.92 Å². The van der Waals surface area contributed by atoms with E-state index in [1.807, 2.05) is 31.2 Å². The number of anilines is 2. The van der Waals surface area contributed by atoms with E-state index in [2.05, 4.69) is 20.8 Å². The fourth-order valence-corrected chi connectivity index (χ4v) is 4.39. The topological polar surface area (TPSA) is 114 Å². The minimum Gasteiger partial charge on any atom is -0.497 e. The highest BCUT2D eigenvalue weighted by molar-refractivity contribution is 7.15. The molecule has 1 aliphatic rings. The van der Waals surface area contributed by atoms with Gasteiger partial charge in [-0.2, -0.15) is 0 Å². The van der Waals surface area contributed by atoms with Gasteiger partial charge in [-0.15, -0.1) is 10.2 Å². The average molecular weight is 480 g/mol. The summed E-state index contributed by atoms with van der Waals surface area (Å²) in [6.07, 6.45) is 1.13. The molecule has 2 aromatic carbocycles. The largest absolute Gasteiger partial charge is 0.497 e. The fourth-order valence-electron chi connectivity index (χ4n) is 3.69. The van der Waals surface area contributed by atoms with Gasteiger partial charge in [0.25, 0.3) is 11.8 Å². The zero-order valence-corrected chi connectivity index (χ0v) is 19.7. The third-order valence-electron chi connectivity index (χ3n) is 5.71. The van der Waals surface area contributed by atoms with E-state index in [1.54, 1.807) is 36.3 Å². The van der Waals surface area contributed by atoms with Crippen molar-refractivity contribution in [1.29, 1.82) is 0 Å². The molecule has 3 aromatic rings. The van der Waals surface area contributed by atoms with E-state index in [0.717, 1.165) is 22.6 Å². The first-order valence-electron chi connectivity index (χ1n) is 10.9. The van der Waals surface area contributed by atoms with Crippen LogP contribution in [0.2, 0.25) is 0 Å². The Morgan fingerprint density at radius 1 is 0.971 bits per heavy atom. The fraction of sp³-hybridized carbons (Fsp3) is 0.292. The summed E-state index contributed by atoms with van der Waals surface area (Å²) in [6, 6.07) is 14.5. The molecule has 1 fully saturated rings. The second-order valence-corrected chi connectivity index (χ2v) is 8.94. The molecule has 0 atom stereocenters. The van der Waals surface area contributed by atoms with E-state index < -0.39 is 5.91 Å². The van der Waals surface area contributed by atoms with Crippen LogP contribution in [0.5, 0.6) is 5.75 Å². The molecular weight excluding hydrogens is 454 g/mol. The molecule has 0 saturated carbocycles. The van der Waals surface area contributed by atoms with Gasteiger partial charge in [-0.1, -0.05) is 29.5 Å². The number of piperidine rings is 1. The van der Waals surface area contributed by atoms with Crippen LogP contribution < -0.4 is 15.4 Å². The molecule has 0 radical (unpaired) electrons. The van der Waals surface area contributed by atoms with Crippen molar-refractivity contribution in [3.05, 3.63) is 64.1 Å². The van der Waals surface area contributed by atoms with Gasteiger partial charge in [-0.25, -0.2) is 0 Å². The normalized spacial score (nSPS) is 13.9. The number of nitrogens with zero attached hydrogens (tertiary/aromatic N) is 3. The number of hydrogen-bond acceptors (Lipinski definition) is 7. The Kier molecular flexibility index (Phi) is 7.17. The maximum absolute atomic E-state index is 12.9. The molecule has 176 valence electrons. The number of para-hydroxylation sites is 1. The first-order chi connectivity index (χ1) is 16.4. The van der Waals surface area contributed by atoms with Crippen LogP contribution in [-0.2, 0) is 4.79 Å². The van der Waals surface area contributed by atoms with Gasteiger partial charge >= 0.3 is 0 Å². The average Bonchev–Trinajstić information content (AvgIpc) is 3.36. The highest BCUT2D eigenvalue weighted by Gasteiger charge is 2.30. The Labute approximate surface area is 201 Å². The van der Waals surface area contributed by atoms with Crippen LogP contribution in [0.1, 0.15) is 38.0 Å². The third-order valence-corrected chi connectivity index (χ3v) is 6.62. The Morgan fingerprint density at radius 3 is 2.32 bits per heavy atom. The lowest BCUT2D eigenvalue weighted by Crippen LogP contribution is -2.41. The number of aryl methyl sites for hydroxylation is 1. The number of aromatic nitrogens is 2. The molecule has 1 aromatic heterocycles. The van der Waals surface area contributed by atoms with Crippen LogP contribution in [0, 0.1) is 12.8 Å². The highest BCUT2D eigenvalue weighted by atomic mass is 32.1. The number of ether oxygens (including phenoxy) is 1. The van der Waals surface area contributed by atoms with Gasteiger partial charge in [0, 0.05) is 30.4 Å². The van der Waals surface area contributed by atoms with Gasteiger partial charge in [-0.3, -0.25) is 14.4 Å². The minimum atomic E-state index is -0.437. The van der Waals surface area contributed by atoms with Crippen molar-refractivity contribution in [3.8, 4) is 5.75 Å². The van der Waals surface area contributed by atoms with Crippen LogP contribution in [0.4, 0.5) is 11.4 Å². The van der Waals surface area contributed by atoms with E-state index in [-0.39, 0.29) is 27.7 Å². The number of rotatable bonds is 6. The van der Waals surface area contributed by atoms with Gasteiger partial charge in [0.1, 0.15) is 5.75 Å². The Balaban J connectivity index is 1.30. The summed E-state index contributed by atoms with van der Waals surface area (Å²) in [5.74, 6) is -0.232. The Bertz CT molecular complexity index is 1190. The van der Waals surface area contributed by atoms with Crippen molar-refractivity contribution < 1.29 is 19.1 Å². The summed E-state index contributed by atoms with van der Waals surface area (Å²) in [5, 5.41) is 13.8. The number of nitrogens with one attached hydrogen (secondary N) is 2. The van der Waals surface area contributed by atoms with Gasteiger partial charge in [0.05, 0.1) is 7.11 Å². The molecule has 2 N–H and O–H groups in total. The lowest BCUT2D eigenvalue weighted by Gasteiger charge is -2.30. The van der Waals surface area contributed by atoms with Crippen molar-refractivity contribution in [3.63, 3.8) is 0 Å². The predicted molar refractivity (Wildman–Crippen MR) is 129 cm³/mol. The molecule has 34 heavy (non-hydrogen) atoms. The van der Waals surface area contributed by atoms with Crippen molar-refractivity contribution in [2.45, 2.75) is 19.8 Å². The maximum atomic E-state index is 12.9. The summed E-state index contributed by atoms with van der Waals surface area (Å²) in [7, 11) is 1.57. The first kappa shape index (κ1) is 23.4. The lowest BCUT2D eigenvalue weighted by atomic mass is 9.95. The van der Waals surface area contributed by atoms with Crippen molar-refractivity contribution in [1.82, 2.24) is 15.1 Å². The van der Waals surface area contributed by atoms with Gasteiger partial charge in [0.15, 0.2) is 0 Å². The molecule has 3 amide bonds. The first-order valence-corrected chi connectivity index (χ1v) is 11.7. The number of hydrogen-bond donors (Lipinski definition) is 2. The maximum Gasteiger partial charge on any atom is 0.286 e. The number of amides is 3. The van der Waals surface area contributed by atoms with E-state index in [4.69, 9.17) is 4.74 Å². The number of carbonyl (C=O) groups is 3. The van der Waals surface area contributed by atoms with Crippen LogP contribution in [-0.4, -0.2) is 53.0 Å². The number of methoxy groups -OCH3 is 1. The van der Waals surface area contributed by atoms with Crippen molar-refractivity contribution >= 4 is 40.4 Å². The molecule has 4 rings (SSSR count). The third kappa shape index (κ3) is 5.40. The molecule has 9 nitrogen and oxygen atoms in total. The van der Waals surface area contributed by atoms with Gasteiger partial charge in [-0.05, 0) is 55.7 Å². The molecule has 0 unspecified atom stereocenters. The molecule has 10 heteroatoms. The summed E-state index contributed by atoms with van der Waals surface area (Å²) < 4.78 is 5.10. The van der Waals surface area contributed by atoms with Crippen LogP contribution in [0.3, 0.4) is 0 Å². The predicted octanol–water partition coefficient (Wildman–Crippen LogP) is 3.60. The molecule has 0 bridgehead atoms. The molecule has 1 saturated heterocycles. The SMILES string of the molecule is COc1ccc(NC(=O)c2nnc(C(=O)N3CCC(C(=O)Nc4ccccc4C)CC3)s2)cc1. The molecule has 1 aliphatic heterocycles. The number of benzene rings is 2. The summed E-state index contributed by atoms with van der Waals surface area (Å²) in [5.41, 5.74) is 2.40. The van der Waals surface area contributed by atoms with Crippen molar-refractivity contribution in [2.75, 3.05) is 30.8 Å². The quantitative estimate of drug-likeness (QED) is 0.559. The van der Waals surface area contributed by atoms with E-state index in [9.17, 15) is 14.4 Å². The monoisotopic (exact) mass is 479 g/mol. The van der Waals surface area contributed by atoms with Crippen LogP contribution in [0.25, 0.3) is 0 Å². The Morgan fingerprint density at radius 2 is 1.65 bits per heavy atom. The molecular formula is C24H25N5O4S. The summed E-state index contributed by atoms with van der Waals surface area (Å²) in [6.45, 7) is 2.83. The molecule has 0 aliphatic carbocycles. The highest BCUT2D eigenvalue weighted by Crippen LogP contribution is 2.23. The van der Waals surface area contributed by atoms with Crippen LogP contribution in [0.15, 0.2) is 48.5 Å². The smallest absolute Gasteiger partial charge is 0.286 e. The summed E-state index contributed by atoms with van der Waals surface area (Å²) in [4.78, 5) is 39.6. The second-order valence-electron chi connectivity index (χ2n) is 7.97.